The number of likely N-dealkylation sites (tertiary alicyclic amines) is 1. The van der Waals surface area contributed by atoms with E-state index in [2.05, 4.69) is 0 Å². The summed E-state index contributed by atoms with van der Waals surface area (Å²) < 4.78 is 0. The van der Waals surface area contributed by atoms with Gasteiger partial charge in [-0.25, -0.2) is 0 Å². The molecule has 98 valence electrons. The highest BCUT2D eigenvalue weighted by Crippen LogP contribution is 2.31. The number of hydrogen-bond donors (Lipinski definition) is 2. The molecule has 0 aromatic heterocycles. The molecule has 0 aliphatic carbocycles. The number of nitrogens with zero attached hydrogens (tertiary/aromatic N) is 1. The highest BCUT2D eigenvalue weighted by atomic mass is 16.2. The number of carbonyl (C=O) groups is 2. The number of hydrogen-bond acceptors (Lipinski definition) is 3. The zero-order valence-corrected chi connectivity index (χ0v) is 11.1. The van der Waals surface area contributed by atoms with Crippen LogP contribution in [0.25, 0.3) is 0 Å². The van der Waals surface area contributed by atoms with Crippen LogP contribution in [0, 0.1) is 10.8 Å². The van der Waals surface area contributed by atoms with Gasteiger partial charge < -0.3 is 16.4 Å². The molecule has 2 amide bonds. The van der Waals surface area contributed by atoms with Gasteiger partial charge in [-0.1, -0.05) is 20.8 Å². The normalized spacial score (nSPS) is 27.0. The maximum atomic E-state index is 12.2. The van der Waals surface area contributed by atoms with Gasteiger partial charge >= 0.3 is 0 Å². The molecule has 1 saturated heterocycles. The first-order valence-electron chi connectivity index (χ1n) is 5.92. The molecule has 1 fully saturated rings. The van der Waals surface area contributed by atoms with Gasteiger partial charge in [0.1, 0.15) is 0 Å². The van der Waals surface area contributed by atoms with E-state index >= 15 is 0 Å². The third-order valence-corrected chi connectivity index (χ3v) is 3.58. The maximum Gasteiger partial charge on any atom is 0.240 e. The van der Waals surface area contributed by atoms with E-state index in [1.54, 1.807) is 11.8 Å². The van der Waals surface area contributed by atoms with Crippen LogP contribution in [0.2, 0.25) is 0 Å². The predicted molar refractivity (Wildman–Crippen MR) is 65.9 cm³/mol. The van der Waals surface area contributed by atoms with E-state index in [1.807, 2.05) is 20.8 Å². The van der Waals surface area contributed by atoms with Gasteiger partial charge in [0, 0.05) is 13.1 Å². The Morgan fingerprint density at radius 3 is 2.24 bits per heavy atom. The van der Waals surface area contributed by atoms with Crippen molar-refractivity contribution in [2.24, 2.45) is 22.3 Å². The summed E-state index contributed by atoms with van der Waals surface area (Å²) in [5, 5.41) is 0. The van der Waals surface area contributed by atoms with Gasteiger partial charge in [0.05, 0.1) is 11.5 Å². The topological polar surface area (TPSA) is 89.4 Å². The van der Waals surface area contributed by atoms with Crippen molar-refractivity contribution in [3.63, 3.8) is 0 Å². The van der Waals surface area contributed by atoms with E-state index in [9.17, 15) is 9.59 Å². The molecule has 0 saturated carbocycles. The van der Waals surface area contributed by atoms with Gasteiger partial charge in [-0.3, -0.25) is 9.59 Å². The van der Waals surface area contributed by atoms with Crippen molar-refractivity contribution < 1.29 is 9.59 Å². The Balaban J connectivity index is 2.73. The Morgan fingerprint density at radius 1 is 1.35 bits per heavy atom. The summed E-state index contributed by atoms with van der Waals surface area (Å²) in [6, 6.07) is -0.544. The second-order valence-electron chi connectivity index (χ2n) is 6.28. The highest BCUT2D eigenvalue weighted by molar-refractivity contribution is 5.86. The lowest BCUT2D eigenvalue weighted by Crippen LogP contribution is -2.50. The Kier molecular flexibility index (Phi) is 3.52. The van der Waals surface area contributed by atoms with Crippen LogP contribution in [0.4, 0.5) is 0 Å². The SMILES string of the molecule is CC1(C(N)=O)CCN(C(=O)C(N)C(C)(C)C)C1. The molecule has 2 atom stereocenters. The molecule has 0 bridgehead atoms. The van der Waals surface area contributed by atoms with Gasteiger partial charge in [0.15, 0.2) is 0 Å². The predicted octanol–water partition coefficient (Wildman–Crippen LogP) is 0.0837. The monoisotopic (exact) mass is 241 g/mol. The van der Waals surface area contributed by atoms with Crippen molar-refractivity contribution in [2.75, 3.05) is 13.1 Å². The molecule has 5 nitrogen and oxygen atoms in total. The standard InChI is InChI=1S/C12H23N3O2/c1-11(2,3)8(13)9(16)15-6-5-12(4,7-15)10(14)17/h8H,5-7,13H2,1-4H3,(H2,14,17). The molecule has 0 aromatic rings. The lowest BCUT2D eigenvalue weighted by Gasteiger charge is -2.30. The van der Waals surface area contributed by atoms with Crippen molar-refractivity contribution in [3.05, 3.63) is 0 Å². The van der Waals surface area contributed by atoms with Crippen LogP contribution in [-0.4, -0.2) is 35.8 Å². The first kappa shape index (κ1) is 14.0. The van der Waals surface area contributed by atoms with Crippen molar-refractivity contribution in [1.29, 1.82) is 0 Å². The first-order chi connectivity index (χ1) is 7.58. The fourth-order valence-corrected chi connectivity index (χ4v) is 1.92. The fourth-order valence-electron chi connectivity index (χ4n) is 1.92. The van der Waals surface area contributed by atoms with Crippen LogP contribution in [-0.2, 0) is 9.59 Å². The molecular weight excluding hydrogens is 218 g/mol. The van der Waals surface area contributed by atoms with E-state index in [0.29, 0.717) is 19.5 Å². The van der Waals surface area contributed by atoms with Crippen LogP contribution in [0.15, 0.2) is 0 Å². The Labute approximate surface area is 103 Å². The zero-order chi connectivity index (χ0) is 13.4. The van der Waals surface area contributed by atoms with Gasteiger partial charge in [-0.05, 0) is 18.8 Å². The summed E-state index contributed by atoms with van der Waals surface area (Å²) in [6.45, 7) is 8.52. The van der Waals surface area contributed by atoms with Crippen molar-refractivity contribution in [2.45, 2.75) is 40.2 Å². The molecule has 0 radical (unpaired) electrons. The summed E-state index contributed by atoms with van der Waals surface area (Å²) in [5.74, 6) is -0.445. The lowest BCUT2D eigenvalue weighted by molar-refractivity contribution is -0.134. The molecular formula is C12H23N3O2. The van der Waals surface area contributed by atoms with Crippen molar-refractivity contribution in [3.8, 4) is 0 Å². The van der Waals surface area contributed by atoms with Gasteiger partial charge in [0.2, 0.25) is 11.8 Å². The van der Waals surface area contributed by atoms with E-state index in [0.717, 1.165) is 0 Å². The Hall–Kier alpha value is -1.10. The second kappa shape index (κ2) is 4.29. The number of amides is 2. The number of nitrogens with two attached hydrogens (primary N) is 2. The minimum absolute atomic E-state index is 0.0949. The van der Waals surface area contributed by atoms with Crippen LogP contribution in [0.3, 0.4) is 0 Å². The molecule has 1 rings (SSSR count). The third kappa shape index (κ3) is 2.77. The molecule has 4 N–H and O–H groups in total. The van der Waals surface area contributed by atoms with Gasteiger partial charge in [-0.15, -0.1) is 0 Å². The summed E-state index contributed by atoms with van der Waals surface area (Å²) in [7, 11) is 0. The lowest BCUT2D eigenvalue weighted by atomic mass is 9.86. The van der Waals surface area contributed by atoms with Gasteiger partial charge in [-0.2, -0.15) is 0 Å². The molecule has 5 heteroatoms. The average Bonchev–Trinajstić information content (AvgIpc) is 2.59. The Morgan fingerprint density at radius 2 is 1.88 bits per heavy atom. The van der Waals surface area contributed by atoms with Crippen LogP contribution >= 0.6 is 0 Å². The quantitative estimate of drug-likeness (QED) is 0.717. The maximum absolute atomic E-state index is 12.2. The molecule has 1 aliphatic heterocycles. The summed E-state index contributed by atoms with van der Waals surface area (Å²) in [6.07, 6.45) is 0.616. The minimum atomic E-state index is -0.604. The average molecular weight is 241 g/mol. The summed E-state index contributed by atoms with van der Waals surface area (Å²) in [5.41, 5.74) is 10.4. The molecule has 1 aliphatic rings. The molecule has 17 heavy (non-hydrogen) atoms. The van der Waals surface area contributed by atoms with Crippen molar-refractivity contribution in [1.82, 2.24) is 4.90 Å². The van der Waals surface area contributed by atoms with Crippen LogP contribution in [0.1, 0.15) is 34.1 Å². The first-order valence-corrected chi connectivity index (χ1v) is 5.92. The molecule has 0 aromatic carbocycles. The van der Waals surface area contributed by atoms with Crippen LogP contribution < -0.4 is 11.5 Å². The summed E-state index contributed by atoms with van der Waals surface area (Å²) in [4.78, 5) is 25.1. The molecule has 0 spiro atoms. The highest BCUT2D eigenvalue weighted by Gasteiger charge is 2.43. The smallest absolute Gasteiger partial charge is 0.240 e. The minimum Gasteiger partial charge on any atom is -0.369 e. The number of carbonyl (C=O) groups excluding carboxylic acids is 2. The Bertz CT molecular complexity index is 335. The second-order valence-corrected chi connectivity index (χ2v) is 6.28. The van der Waals surface area contributed by atoms with E-state index in [-0.39, 0.29) is 17.2 Å². The number of primary amides is 1. The summed E-state index contributed by atoms with van der Waals surface area (Å²) >= 11 is 0. The van der Waals surface area contributed by atoms with E-state index in [1.165, 1.54) is 0 Å². The van der Waals surface area contributed by atoms with E-state index < -0.39 is 11.5 Å². The largest absolute Gasteiger partial charge is 0.369 e. The van der Waals surface area contributed by atoms with Crippen LogP contribution in [0.5, 0.6) is 0 Å². The van der Waals surface area contributed by atoms with Gasteiger partial charge in [0.25, 0.3) is 0 Å². The van der Waals surface area contributed by atoms with Crippen molar-refractivity contribution >= 4 is 11.8 Å². The fraction of sp³-hybridized carbons (Fsp3) is 0.833. The zero-order valence-electron chi connectivity index (χ0n) is 11.1. The molecule has 1 heterocycles. The van der Waals surface area contributed by atoms with E-state index in [4.69, 9.17) is 11.5 Å². The third-order valence-electron chi connectivity index (χ3n) is 3.58. The number of rotatable bonds is 2. The molecule has 2 unspecified atom stereocenters.